The van der Waals surface area contributed by atoms with Gasteiger partial charge in [0.05, 0.1) is 0 Å². The third kappa shape index (κ3) is 2.23. The molecule has 2 heteroatoms. The van der Waals surface area contributed by atoms with Crippen molar-refractivity contribution in [3.63, 3.8) is 0 Å². The molecule has 0 aromatic heterocycles. The van der Waals surface area contributed by atoms with Crippen molar-refractivity contribution in [3.05, 3.63) is 0 Å². The molecule has 2 rings (SSSR count). The molecule has 0 aliphatic heterocycles. The first-order chi connectivity index (χ1) is 6.43. The summed E-state index contributed by atoms with van der Waals surface area (Å²) in [5.74, 6) is 3.26. The van der Waals surface area contributed by atoms with Crippen molar-refractivity contribution >= 4 is 0 Å². The number of nitrogens with one attached hydrogen (secondary N) is 2. The Morgan fingerprint density at radius 3 is 2.38 bits per heavy atom. The van der Waals surface area contributed by atoms with E-state index in [1.54, 1.807) is 0 Å². The predicted molar refractivity (Wildman–Crippen MR) is 55.7 cm³/mol. The monoisotopic (exact) mass is 182 g/mol. The average molecular weight is 182 g/mol. The summed E-state index contributed by atoms with van der Waals surface area (Å²) in [7, 11) is 2.01. The Morgan fingerprint density at radius 2 is 1.77 bits per heavy atom. The van der Waals surface area contributed by atoms with E-state index in [4.69, 9.17) is 0 Å². The van der Waals surface area contributed by atoms with Crippen LogP contribution in [0.1, 0.15) is 25.7 Å². The fraction of sp³-hybridized carbons (Fsp3) is 1.00. The molecule has 0 saturated heterocycles. The maximum atomic E-state index is 3.54. The van der Waals surface area contributed by atoms with Crippen molar-refractivity contribution in [3.8, 4) is 0 Å². The standard InChI is InChI=1S/C11H22N2/c1-12-6-7-13-8-11-9-4-2-3-5-10(9)11/h9-13H,2-8H2,1H3. The van der Waals surface area contributed by atoms with Crippen LogP contribution in [0.25, 0.3) is 0 Å². The number of fused-ring (bicyclic) bond motifs is 1. The maximum absolute atomic E-state index is 3.54. The van der Waals surface area contributed by atoms with Crippen molar-refractivity contribution < 1.29 is 0 Å². The van der Waals surface area contributed by atoms with Gasteiger partial charge in [-0.25, -0.2) is 0 Å². The van der Waals surface area contributed by atoms with Gasteiger partial charge in [0.25, 0.3) is 0 Å². The van der Waals surface area contributed by atoms with Crippen molar-refractivity contribution in [1.29, 1.82) is 0 Å². The Balaban J connectivity index is 1.57. The minimum Gasteiger partial charge on any atom is -0.318 e. The summed E-state index contributed by atoms with van der Waals surface area (Å²) in [5.41, 5.74) is 0. The second kappa shape index (κ2) is 4.43. The van der Waals surface area contributed by atoms with Gasteiger partial charge in [0, 0.05) is 13.1 Å². The van der Waals surface area contributed by atoms with Crippen LogP contribution in [0.3, 0.4) is 0 Å². The molecular formula is C11H22N2. The number of hydrogen-bond acceptors (Lipinski definition) is 2. The van der Waals surface area contributed by atoms with Crippen LogP contribution in [0.5, 0.6) is 0 Å². The first-order valence-electron chi connectivity index (χ1n) is 5.79. The highest BCUT2D eigenvalue weighted by molar-refractivity contribution is 4.99. The minimum atomic E-state index is 1.04. The fourth-order valence-electron chi connectivity index (χ4n) is 2.93. The van der Waals surface area contributed by atoms with Gasteiger partial charge < -0.3 is 10.6 Å². The lowest BCUT2D eigenvalue weighted by Crippen LogP contribution is -2.26. The highest BCUT2D eigenvalue weighted by Crippen LogP contribution is 2.54. The lowest BCUT2D eigenvalue weighted by atomic mass is 10.0. The molecular weight excluding hydrogens is 160 g/mol. The molecule has 2 nitrogen and oxygen atoms in total. The molecule has 0 bridgehead atoms. The Kier molecular flexibility index (Phi) is 3.23. The van der Waals surface area contributed by atoms with E-state index < -0.39 is 0 Å². The summed E-state index contributed by atoms with van der Waals surface area (Å²) in [6, 6.07) is 0. The van der Waals surface area contributed by atoms with Gasteiger partial charge in [0.15, 0.2) is 0 Å². The highest BCUT2D eigenvalue weighted by Gasteiger charge is 2.49. The van der Waals surface area contributed by atoms with E-state index in [2.05, 4.69) is 10.6 Å². The lowest BCUT2D eigenvalue weighted by molar-refractivity contribution is 0.480. The van der Waals surface area contributed by atoms with Crippen LogP contribution in [-0.4, -0.2) is 26.7 Å². The molecule has 0 spiro atoms. The van der Waals surface area contributed by atoms with E-state index in [1.165, 1.54) is 32.2 Å². The van der Waals surface area contributed by atoms with E-state index in [9.17, 15) is 0 Å². The van der Waals surface area contributed by atoms with Crippen LogP contribution in [0.4, 0.5) is 0 Å². The highest BCUT2D eigenvalue weighted by atomic mass is 14.9. The number of hydrogen-bond donors (Lipinski definition) is 2. The Bertz CT molecular complexity index is 146. The van der Waals surface area contributed by atoms with Crippen LogP contribution in [0.2, 0.25) is 0 Å². The van der Waals surface area contributed by atoms with Gasteiger partial charge in [-0.3, -0.25) is 0 Å². The van der Waals surface area contributed by atoms with Gasteiger partial charge in [0.1, 0.15) is 0 Å². The molecule has 2 N–H and O–H groups in total. The molecule has 13 heavy (non-hydrogen) atoms. The second-order valence-electron chi connectivity index (χ2n) is 4.58. The molecule has 2 atom stereocenters. The molecule has 2 fully saturated rings. The molecule has 0 radical (unpaired) electrons. The third-order valence-electron chi connectivity index (χ3n) is 3.77. The van der Waals surface area contributed by atoms with E-state index in [0.29, 0.717) is 0 Å². The van der Waals surface area contributed by atoms with Gasteiger partial charge in [0.2, 0.25) is 0 Å². The van der Waals surface area contributed by atoms with Crippen molar-refractivity contribution in [2.75, 3.05) is 26.7 Å². The SMILES string of the molecule is CNCCNCC1C2CCCCC21. The van der Waals surface area contributed by atoms with Crippen molar-refractivity contribution in [2.45, 2.75) is 25.7 Å². The molecule has 76 valence electrons. The molecule has 0 amide bonds. The largest absolute Gasteiger partial charge is 0.318 e. The molecule has 2 aliphatic carbocycles. The van der Waals surface area contributed by atoms with E-state index in [0.717, 1.165) is 30.8 Å². The normalized spacial score (nSPS) is 37.2. The molecule has 2 aliphatic rings. The second-order valence-corrected chi connectivity index (χ2v) is 4.58. The first kappa shape index (κ1) is 9.47. The van der Waals surface area contributed by atoms with E-state index in [-0.39, 0.29) is 0 Å². The van der Waals surface area contributed by atoms with Gasteiger partial charge >= 0.3 is 0 Å². The number of likely N-dealkylation sites (N-methyl/N-ethyl adjacent to an activating group) is 1. The van der Waals surface area contributed by atoms with Crippen LogP contribution >= 0.6 is 0 Å². The smallest absolute Gasteiger partial charge is 0.00767 e. The van der Waals surface area contributed by atoms with Crippen LogP contribution < -0.4 is 10.6 Å². The van der Waals surface area contributed by atoms with E-state index in [1.807, 2.05) is 7.05 Å². The van der Waals surface area contributed by atoms with Gasteiger partial charge in [-0.1, -0.05) is 12.8 Å². The molecule has 0 aromatic carbocycles. The predicted octanol–water partition coefficient (Wildman–Crippen LogP) is 1.23. The summed E-state index contributed by atoms with van der Waals surface area (Å²) in [6.45, 7) is 3.51. The van der Waals surface area contributed by atoms with Crippen LogP contribution in [0, 0.1) is 17.8 Å². The Morgan fingerprint density at radius 1 is 1.08 bits per heavy atom. The van der Waals surface area contributed by atoms with Gasteiger partial charge in [-0.15, -0.1) is 0 Å². The quantitative estimate of drug-likeness (QED) is 0.625. The van der Waals surface area contributed by atoms with Gasteiger partial charge in [-0.05, 0) is 44.2 Å². The fourth-order valence-corrected chi connectivity index (χ4v) is 2.93. The molecule has 0 aromatic rings. The van der Waals surface area contributed by atoms with Crippen molar-refractivity contribution in [1.82, 2.24) is 10.6 Å². The topological polar surface area (TPSA) is 24.1 Å². The summed E-state index contributed by atoms with van der Waals surface area (Å²) in [6.07, 6.45) is 6.02. The van der Waals surface area contributed by atoms with Crippen molar-refractivity contribution in [2.24, 2.45) is 17.8 Å². The average Bonchev–Trinajstić information content (AvgIpc) is 2.87. The Labute approximate surface area is 81.5 Å². The minimum absolute atomic E-state index is 1.04. The first-order valence-corrected chi connectivity index (χ1v) is 5.79. The zero-order valence-electron chi connectivity index (χ0n) is 8.68. The van der Waals surface area contributed by atoms with E-state index >= 15 is 0 Å². The third-order valence-corrected chi connectivity index (χ3v) is 3.77. The number of rotatable bonds is 5. The Hall–Kier alpha value is -0.0800. The zero-order chi connectivity index (χ0) is 9.10. The van der Waals surface area contributed by atoms with Crippen LogP contribution in [0.15, 0.2) is 0 Å². The maximum Gasteiger partial charge on any atom is 0.00767 e. The summed E-state index contributed by atoms with van der Waals surface area (Å²) >= 11 is 0. The zero-order valence-corrected chi connectivity index (χ0v) is 8.68. The molecule has 2 saturated carbocycles. The van der Waals surface area contributed by atoms with Crippen LogP contribution in [-0.2, 0) is 0 Å². The lowest BCUT2D eigenvalue weighted by Gasteiger charge is -2.04. The summed E-state index contributed by atoms with van der Waals surface area (Å²) < 4.78 is 0. The molecule has 0 heterocycles. The summed E-state index contributed by atoms with van der Waals surface area (Å²) in [5, 5.41) is 6.70. The molecule has 2 unspecified atom stereocenters. The summed E-state index contributed by atoms with van der Waals surface area (Å²) in [4.78, 5) is 0. The van der Waals surface area contributed by atoms with Gasteiger partial charge in [-0.2, -0.15) is 0 Å².